The van der Waals surface area contributed by atoms with Crippen LogP contribution in [0.4, 0.5) is 11.4 Å². The van der Waals surface area contributed by atoms with Gasteiger partial charge in [0.2, 0.25) is 5.91 Å². The largest absolute Gasteiger partial charge is 0.478 e. The smallest absolute Gasteiger partial charge is 0.337 e. The molecule has 1 unspecified atom stereocenters. The molecule has 2 amide bonds. The van der Waals surface area contributed by atoms with Gasteiger partial charge in [-0.3, -0.25) is 9.59 Å². The van der Waals surface area contributed by atoms with Gasteiger partial charge in [-0.25, -0.2) is 4.79 Å². The molecular formula is C24H21ClN2O4S. The van der Waals surface area contributed by atoms with Crippen LogP contribution < -0.4 is 10.6 Å². The molecule has 0 saturated carbocycles. The molecule has 164 valence electrons. The molecule has 32 heavy (non-hydrogen) atoms. The number of carboxylic acid groups (broad SMARTS) is 1. The Labute approximate surface area is 195 Å². The van der Waals surface area contributed by atoms with Crippen LogP contribution in [-0.2, 0) is 4.79 Å². The number of carbonyl (C=O) groups is 3. The standard InChI is InChI=1S/C24H21ClN2O4S/c1-14-4-3-5-16(12-14)23(29)26-17-6-9-19(10-7-17)32-15(2)22(28)27-18-8-11-21(25)20(13-18)24(30)31/h3-13,15H,1-2H3,(H,26,29)(H,27,28)(H,30,31). The SMILES string of the molecule is Cc1cccc(C(=O)Nc2ccc(SC(C)C(=O)Nc3ccc(Cl)c(C(=O)O)c3)cc2)c1. The summed E-state index contributed by atoms with van der Waals surface area (Å²) in [6.45, 7) is 3.68. The quantitative estimate of drug-likeness (QED) is 0.385. The molecule has 0 aromatic heterocycles. The number of aryl methyl sites for hydroxylation is 1. The van der Waals surface area contributed by atoms with E-state index >= 15 is 0 Å². The van der Waals surface area contributed by atoms with Gasteiger partial charge in [-0.1, -0.05) is 29.3 Å². The molecule has 0 aliphatic heterocycles. The van der Waals surface area contributed by atoms with Gasteiger partial charge in [-0.15, -0.1) is 11.8 Å². The number of halogens is 1. The number of aromatic carboxylic acids is 1. The normalized spacial score (nSPS) is 11.5. The molecule has 0 bridgehead atoms. The van der Waals surface area contributed by atoms with Gasteiger partial charge in [-0.2, -0.15) is 0 Å². The molecule has 0 aliphatic carbocycles. The number of hydrogen-bond acceptors (Lipinski definition) is 4. The van der Waals surface area contributed by atoms with Crippen LogP contribution in [0.1, 0.15) is 33.2 Å². The number of rotatable bonds is 7. The lowest BCUT2D eigenvalue weighted by molar-refractivity contribution is -0.115. The molecule has 0 heterocycles. The first-order valence-electron chi connectivity index (χ1n) is 9.71. The van der Waals surface area contributed by atoms with Crippen molar-refractivity contribution in [1.29, 1.82) is 0 Å². The second kappa shape index (κ2) is 10.3. The number of benzene rings is 3. The van der Waals surface area contributed by atoms with Crippen LogP contribution in [0, 0.1) is 6.92 Å². The molecule has 6 nitrogen and oxygen atoms in total. The maximum atomic E-state index is 12.5. The third-order valence-electron chi connectivity index (χ3n) is 4.54. The monoisotopic (exact) mass is 468 g/mol. The van der Waals surface area contributed by atoms with Gasteiger partial charge in [0, 0.05) is 21.8 Å². The van der Waals surface area contributed by atoms with Crippen LogP contribution in [0.15, 0.2) is 71.6 Å². The Morgan fingerprint density at radius 1 is 0.938 bits per heavy atom. The molecule has 0 radical (unpaired) electrons. The van der Waals surface area contributed by atoms with Crippen LogP contribution in [0.5, 0.6) is 0 Å². The van der Waals surface area contributed by atoms with E-state index in [1.54, 1.807) is 31.2 Å². The van der Waals surface area contributed by atoms with Gasteiger partial charge < -0.3 is 15.7 Å². The number of hydrogen-bond donors (Lipinski definition) is 3. The maximum absolute atomic E-state index is 12.5. The van der Waals surface area contributed by atoms with E-state index in [1.165, 1.54) is 23.9 Å². The van der Waals surface area contributed by atoms with Gasteiger partial charge in [0.1, 0.15) is 0 Å². The van der Waals surface area contributed by atoms with Crippen molar-refractivity contribution in [1.82, 2.24) is 0 Å². The molecule has 3 N–H and O–H groups in total. The Bertz CT molecular complexity index is 1160. The lowest BCUT2D eigenvalue weighted by atomic mass is 10.1. The summed E-state index contributed by atoms with van der Waals surface area (Å²) in [7, 11) is 0. The molecule has 3 aromatic carbocycles. The van der Waals surface area contributed by atoms with Crippen LogP contribution >= 0.6 is 23.4 Å². The number of anilines is 2. The van der Waals surface area contributed by atoms with E-state index in [0.717, 1.165) is 10.5 Å². The van der Waals surface area contributed by atoms with E-state index in [0.29, 0.717) is 16.9 Å². The summed E-state index contributed by atoms with van der Waals surface area (Å²) in [4.78, 5) is 36.9. The number of carbonyl (C=O) groups excluding carboxylic acids is 2. The van der Waals surface area contributed by atoms with Crippen LogP contribution in [0.3, 0.4) is 0 Å². The maximum Gasteiger partial charge on any atom is 0.337 e. The van der Waals surface area contributed by atoms with E-state index in [-0.39, 0.29) is 22.4 Å². The summed E-state index contributed by atoms with van der Waals surface area (Å²) in [6, 6.07) is 18.9. The number of carboxylic acids is 1. The Hall–Kier alpha value is -3.29. The molecule has 0 aliphatic rings. The van der Waals surface area contributed by atoms with Gasteiger partial charge in [0.05, 0.1) is 15.8 Å². The second-order valence-corrected chi connectivity index (χ2v) is 8.92. The zero-order chi connectivity index (χ0) is 23.3. The van der Waals surface area contributed by atoms with Gasteiger partial charge >= 0.3 is 5.97 Å². The van der Waals surface area contributed by atoms with Crippen molar-refractivity contribution in [3.63, 3.8) is 0 Å². The molecule has 0 spiro atoms. The highest BCUT2D eigenvalue weighted by Crippen LogP contribution is 2.27. The summed E-state index contributed by atoms with van der Waals surface area (Å²) < 4.78 is 0. The Morgan fingerprint density at radius 3 is 2.28 bits per heavy atom. The van der Waals surface area contributed by atoms with Crippen LogP contribution in [0.25, 0.3) is 0 Å². The topological polar surface area (TPSA) is 95.5 Å². The molecule has 3 aromatic rings. The van der Waals surface area contributed by atoms with Crippen molar-refractivity contribution in [3.05, 3.63) is 88.4 Å². The van der Waals surface area contributed by atoms with Crippen molar-refractivity contribution in [2.45, 2.75) is 24.0 Å². The molecule has 0 saturated heterocycles. The highest BCUT2D eigenvalue weighted by molar-refractivity contribution is 8.00. The molecule has 3 rings (SSSR count). The van der Waals surface area contributed by atoms with Crippen LogP contribution in [-0.4, -0.2) is 28.1 Å². The fraction of sp³-hybridized carbons (Fsp3) is 0.125. The van der Waals surface area contributed by atoms with Crippen LogP contribution in [0.2, 0.25) is 5.02 Å². The van der Waals surface area contributed by atoms with Gasteiger partial charge in [0.15, 0.2) is 0 Å². The Balaban J connectivity index is 1.59. The highest BCUT2D eigenvalue weighted by Gasteiger charge is 2.17. The van der Waals surface area contributed by atoms with E-state index in [9.17, 15) is 14.4 Å². The summed E-state index contributed by atoms with van der Waals surface area (Å²) in [6.07, 6.45) is 0. The van der Waals surface area contributed by atoms with E-state index in [1.807, 2.05) is 37.3 Å². The molecule has 8 heteroatoms. The van der Waals surface area contributed by atoms with E-state index in [4.69, 9.17) is 16.7 Å². The minimum atomic E-state index is -1.16. The van der Waals surface area contributed by atoms with Crippen molar-refractivity contribution in [2.24, 2.45) is 0 Å². The van der Waals surface area contributed by atoms with Crippen molar-refractivity contribution in [2.75, 3.05) is 10.6 Å². The number of nitrogens with one attached hydrogen (secondary N) is 2. The minimum Gasteiger partial charge on any atom is -0.478 e. The zero-order valence-corrected chi connectivity index (χ0v) is 19.0. The lowest BCUT2D eigenvalue weighted by Gasteiger charge is -2.13. The third kappa shape index (κ3) is 6.12. The summed E-state index contributed by atoms with van der Waals surface area (Å²) in [5, 5.41) is 14.4. The third-order valence-corrected chi connectivity index (χ3v) is 5.98. The average molecular weight is 469 g/mol. The average Bonchev–Trinajstić information content (AvgIpc) is 2.76. The van der Waals surface area contributed by atoms with Crippen molar-refractivity contribution < 1.29 is 19.5 Å². The summed E-state index contributed by atoms with van der Waals surface area (Å²) in [5.41, 5.74) is 2.53. The van der Waals surface area contributed by atoms with E-state index < -0.39 is 11.2 Å². The fourth-order valence-corrected chi connectivity index (χ4v) is 3.94. The van der Waals surface area contributed by atoms with Crippen molar-refractivity contribution in [3.8, 4) is 0 Å². The molecule has 0 fully saturated rings. The zero-order valence-electron chi connectivity index (χ0n) is 17.4. The molecule has 1 atom stereocenters. The van der Waals surface area contributed by atoms with Gasteiger partial charge in [-0.05, 0) is 68.4 Å². The number of thioether (sulfide) groups is 1. The fourth-order valence-electron chi connectivity index (χ4n) is 2.87. The molecular weight excluding hydrogens is 448 g/mol. The van der Waals surface area contributed by atoms with Crippen molar-refractivity contribution >= 4 is 52.5 Å². The van der Waals surface area contributed by atoms with Gasteiger partial charge in [0.25, 0.3) is 5.91 Å². The first-order chi connectivity index (χ1) is 15.2. The summed E-state index contributed by atoms with van der Waals surface area (Å²) >= 11 is 7.20. The predicted molar refractivity (Wildman–Crippen MR) is 128 cm³/mol. The lowest BCUT2D eigenvalue weighted by Crippen LogP contribution is -2.22. The highest BCUT2D eigenvalue weighted by atomic mass is 35.5. The first-order valence-corrected chi connectivity index (χ1v) is 11.0. The predicted octanol–water partition coefficient (Wildman–Crippen LogP) is 5.72. The first kappa shape index (κ1) is 23.4. The number of amides is 2. The minimum absolute atomic E-state index is 0.0759. The summed E-state index contributed by atoms with van der Waals surface area (Å²) in [5.74, 6) is -1.63. The Morgan fingerprint density at radius 2 is 1.62 bits per heavy atom. The Kier molecular flexibility index (Phi) is 7.56. The van der Waals surface area contributed by atoms with E-state index in [2.05, 4.69) is 10.6 Å². The second-order valence-electron chi connectivity index (χ2n) is 7.10.